The number of benzene rings is 1. The van der Waals surface area contributed by atoms with Crippen molar-refractivity contribution in [3.05, 3.63) is 29.8 Å². The SMILES string of the molecule is COC(=O)[C@H](C)NCc1ccc(O)cc1. The second-order valence-electron chi connectivity index (χ2n) is 3.29. The number of rotatable bonds is 4. The van der Waals surface area contributed by atoms with E-state index in [1.165, 1.54) is 7.11 Å². The number of aromatic hydroxyl groups is 1. The van der Waals surface area contributed by atoms with Gasteiger partial charge in [-0.2, -0.15) is 0 Å². The molecule has 0 fully saturated rings. The highest BCUT2D eigenvalue weighted by Crippen LogP contribution is 2.09. The molecule has 0 aliphatic heterocycles. The van der Waals surface area contributed by atoms with E-state index in [-0.39, 0.29) is 17.8 Å². The maximum atomic E-state index is 11.1. The molecule has 0 spiro atoms. The summed E-state index contributed by atoms with van der Waals surface area (Å²) < 4.78 is 4.58. The predicted octanol–water partition coefficient (Wildman–Crippen LogP) is 1.04. The van der Waals surface area contributed by atoms with E-state index in [0.29, 0.717) is 6.54 Å². The number of hydrogen-bond donors (Lipinski definition) is 2. The van der Waals surface area contributed by atoms with E-state index in [2.05, 4.69) is 10.1 Å². The minimum atomic E-state index is -0.330. The van der Waals surface area contributed by atoms with Crippen molar-refractivity contribution in [2.75, 3.05) is 7.11 Å². The van der Waals surface area contributed by atoms with Crippen LogP contribution in [0.2, 0.25) is 0 Å². The fourth-order valence-corrected chi connectivity index (χ4v) is 1.14. The summed E-state index contributed by atoms with van der Waals surface area (Å²) in [5.41, 5.74) is 1.00. The van der Waals surface area contributed by atoms with Crippen molar-refractivity contribution in [2.24, 2.45) is 0 Å². The normalized spacial score (nSPS) is 12.1. The molecular weight excluding hydrogens is 194 g/mol. The van der Waals surface area contributed by atoms with Gasteiger partial charge in [0.05, 0.1) is 7.11 Å². The lowest BCUT2D eigenvalue weighted by atomic mass is 10.2. The van der Waals surface area contributed by atoms with Gasteiger partial charge in [-0.25, -0.2) is 0 Å². The molecule has 0 amide bonds. The van der Waals surface area contributed by atoms with Gasteiger partial charge in [0.2, 0.25) is 0 Å². The van der Waals surface area contributed by atoms with Crippen LogP contribution in [0.15, 0.2) is 24.3 Å². The average Bonchev–Trinajstić information content (AvgIpc) is 2.26. The van der Waals surface area contributed by atoms with Crippen LogP contribution in [-0.4, -0.2) is 24.2 Å². The van der Waals surface area contributed by atoms with E-state index in [9.17, 15) is 4.79 Å². The number of phenols is 1. The average molecular weight is 209 g/mol. The Morgan fingerprint density at radius 1 is 1.47 bits per heavy atom. The molecular formula is C11H15NO3. The highest BCUT2D eigenvalue weighted by atomic mass is 16.5. The summed E-state index contributed by atoms with van der Waals surface area (Å²) in [6.45, 7) is 2.31. The Morgan fingerprint density at radius 3 is 2.60 bits per heavy atom. The Bertz CT molecular complexity index is 321. The molecule has 1 aromatic rings. The second-order valence-corrected chi connectivity index (χ2v) is 3.29. The predicted molar refractivity (Wildman–Crippen MR) is 56.4 cm³/mol. The molecule has 0 bridgehead atoms. The molecule has 1 aromatic carbocycles. The summed E-state index contributed by atoms with van der Waals surface area (Å²) in [6.07, 6.45) is 0. The molecule has 1 atom stereocenters. The van der Waals surface area contributed by atoms with E-state index in [4.69, 9.17) is 5.11 Å². The molecule has 2 N–H and O–H groups in total. The van der Waals surface area contributed by atoms with Crippen LogP contribution in [0.3, 0.4) is 0 Å². The summed E-state index contributed by atoms with van der Waals surface area (Å²) >= 11 is 0. The smallest absolute Gasteiger partial charge is 0.322 e. The Balaban J connectivity index is 2.43. The van der Waals surface area contributed by atoms with Gasteiger partial charge in [-0.3, -0.25) is 4.79 Å². The lowest BCUT2D eigenvalue weighted by Crippen LogP contribution is -2.34. The minimum absolute atomic E-state index is 0.236. The maximum absolute atomic E-state index is 11.1. The van der Waals surface area contributed by atoms with Crippen LogP contribution in [0.4, 0.5) is 0 Å². The third kappa shape index (κ3) is 3.59. The highest BCUT2D eigenvalue weighted by Gasteiger charge is 2.11. The summed E-state index contributed by atoms with van der Waals surface area (Å²) in [5.74, 6) is -0.0476. The number of esters is 1. The molecule has 15 heavy (non-hydrogen) atoms. The number of carbonyl (C=O) groups excluding carboxylic acids is 1. The Labute approximate surface area is 88.9 Å². The molecule has 0 saturated carbocycles. The van der Waals surface area contributed by atoms with Crippen molar-refractivity contribution in [1.82, 2.24) is 5.32 Å². The van der Waals surface area contributed by atoms with E-state index in [1.54, 1.807) is 31.2 Å². The molecule has 0 aliphatic carbocycles. The van der Waals surface area contributed by atoms with Crippen LogP contribution in [0.25, 0.3) is 0 Å². The third-order valence-electron chi connectivity index (χ3n) is 2.10. The number of methoxy groups -OCH3 is 1. The molecule has 0 aromatic heterocycles. The lowest BCUT2D eigenvalue weighted by Gasteiger charge is -2.11. The van der Waals surface area contributed by atoms with Crippen LogP contribution in [-0.2, 0) is 16.1 Å². The number of ether oxygens (including phenoxy) is 1. The zero-order valence-electron chi connectivity index (χ0n) is 8.86. The number of nitrogens with one attached hydrogen (secondary N) is 1. The second kappa shape index (κ2) is 5.36. The molecule has 4 heteroatoms. The van der Waals surface area contributed by atoms with E-state index >= 15 is 0 Å². The number of hydrogen-bond acceptors (Lipinski definition) is 4. The van der Waals surface area contributed by atoms with Gasteiger partial charge in [-0.05, 0) is 24.6 Å². The summed E-state index contributed by atoms with van der Waals surface area (Å²) in [4.78, 5) is 11.1. The van der Waals surface area contributed by atoms with Crippen molar-refractivity contribution in [3.63, 3.8) is 0 Å². The molecule has 0 aliphatic rings. The largest absolute Gasteiger partial charge is 0.508 e. The van der Waals surface area contributed by atoms with Gasteiger partial charge < -0.3 is 15.2 Å². The van der Waals surface area contributed by atoms with Crippen molar-refractivity contribution in [1.29, 1.82) is 0 Å². The first kappa shape index (κ1) is 11.5. The number of carbonyl (C=O) groups is 1. The molecule has 4 nitrogen and oxygen atoms in total. The highest BCUT2D eigenvalue weighted by molar-refractivity contribution is 5.75. The van der Waals surface area contributed by atoms with Crippen LogP contribution >= 0.6 is 0 Å². The van der Waals surface area contributed by atoms with E-state index in [0.717, 1.165) is 5.56 Å². The van der Waals surface area contributed by atoms with Crippen molar-refractivity contribution in [3.8, 4) is 5.75 Å². The summed E-state index contributed by atoms with van der Waals surface area (Å²) in [7, 11) is 1.36. The molecule has 0 radical (unpaired) electrons. The fourth-order valence-electron chi connectivity index (χ4n) is 1.14. The first-order valence-corrected chi connectivity index (χ1v) is 4.72. The van der Waals surface area contributed by atoms with Crippen LogP contribution in [0.1, 0.15) is 12.5 Å². The first-order chi connectivity index (χ1) is 7.13. The molecule has 1 rings (SSSR count). The van der Waals surface area contributed by atoms with Gasteiger partial charge in [0.15, 0.2) is 0 Å². The van der Waals surface area contributed by atoms with Gasteiger partial charge >= 0.3 is 5.97 Å². The topological polar surface area (TPSA) is 58.6 Å². The molecule has 0 heterocycles. The molecule has 82 valence electrons. The zero-order valence-corrected chi connectivity index (χ0v) is 8.86. The minimum Gasteiger partial charge on any atom is -0.508 e. The van der Waals surface area contributed by atoms with Gasteiger partial charge in [0, 0.05) is 6.54 Å². The zero-order chi connectivity index (χ0) is 11.3. The quantitative estimate of drug-likeness (QED) is 0.727. The van der Waals surface area contributed by atoms with Gasteiger partial charge in [0.1, 0.15) is 11.8 Å². The summed E-state index contributed by atoms with van der Waals surface area (Å²) in [6, 6.07) is 6.49. The van der Waals surface area contributed by atoms with Crippen molar-refractivity contribution >= 4 is 5.97 Å². The fraction of sp³-hybridized carbons (Fsp3) is 0.364. The van der Waals surface area contributed by atoms with Crippen LogP contribution < -0.4 is 5.32 Å². The van der Waals surface area contributed by atoms with Crippen molar-refractivity contribution in [2.45, 2.75) is 19.5 Å². The maximum Gasteiger partial charge on any atom is 0.322 e. The standard InChI is InChI=1S/C11H15NO3/c1-8(11(14)15-2)12-7-9-3-5-10(13)6-4-9/h3-6,8,12-13H,7H2,1-2H3/t8-/m0/s1. The summed E-state index contributed by atoms with van der Waals surface area (Å²) in [5, 5.41) is 12.1. The third-order valence-corrected chi connectivity index (χ3v) is 2.10. The van der Waals surface area contributed by atoms with Crippen molar-refractivity contribution < 1.29 is 14.6 Å². The number of phenolic OH excluding ortho intramolecular Hbond substituents is 1. The molecule has 0 saturated heterocycles. The van der Waals surface area contributed by atoms with Gasteiger partial charge in [-0.1, -0.05) is 12.1 Å². The Morgan fingerprint density at radius 2 is 2.07 bits per heavy atom. The van der Waals surface area contributed by atoms with Crippen LogP contribution in [0, 0.1) is 0 Å². The van der Waals surface area contributed by atoms with E-state index in [1.807, 2.05) is 0 Å². The Kier molecular flexibility index (Phi) is 4.12. The van der Waals surface area contributed by atoms with Crippen LogP contribution in [0.5, 0.6) is 5.75 Å². The monoisotopic (exact) mass is 209 g/mol. The van der Waals surface area contributed by atoms with Gasteiger partial charge in [-0.15, -0.1) is 0 Å². The first-order valence-electron chi connectivity index (χ1n) is 4.72. The lowest BCUT2D eigenvalue weighted by molar-refractivity contribution is -0.142. The molecule has 0 unspecified atom stereocenters. The van der Waals surface area contributed by atoms with Gasteiger partial charge in [0.25, 0.3) is 0 Å². The Hall–Kier alpha value is -1.55. The van der Waals surface area contributed by atoms with E-state index < -0.39 is 0 Å².